The van der Waals surface area contributed by atoms with Crippen molar-refractivity contribution in [3.8, 4) is 11.5 Å². The molecule has 0 heterocycles. The maximum Gasteiger partial charge on any atom is 0.302 e. The van der Waals surface area contributed by atoms with Crippen molar-refractivity contribution < 1.29 is 23.8 Å². The molecule has 0 saturated heterocycles. The van der Waals surface area contributed by atoms with E-state index in [0.717, 1.165) is 0 Å². The van der Waals surface area contributed by atoms with Gasteiger partial charge in [0.05, 0.1) is 7.11 Å². The van der Waals surface area contributed by atoms with Gasteiger partial charge in [0.15, 0.2) is 11.6 Å². The number of ether oxygens (including phenoxy) is 2. The molecule has 2 aromatic rings. The van der Waals surface area contributed by atoms with Gasteiger partial charge in [-0.3, -0.25) is 4.79 Å². The highest BCUT2D eigenvalue weighted by Gasteiger charge is 2.12. The zero-order valence-corrected chi connectivity index (χ0v) is 13.5. The molecule has 6 heteroatoms. The van der Waals surface area contributed by atoms with Crippen LogP contribution in [0.25, 0.3) is 0 Å². The fourth-order valence-corrected chi connectivity index (χ4v) is 2.45. The molecular weight excluding hydrogens is 323 g/mol. The predicted molar refractivity (Wildman–Crippen MR) is 84.3 cm³/mol. The average Bonchev–Trinajstić information content (AvgIpc) is 2.49. The summed E-state index contributed by atoms with van der Waals surface area (Å²) in [5.74, 6) is -0.776. The van der Waals surface area contributed by atoms with Crippen LogP contribution in [0.15, 0.2) is 30.3 Å². The number of hydrogen-bond acceptors (Lipinski definition) is 4. The molecule has 0 spiro atoms. The number of aromatic hydroxyl groups is 1. The van der Waals surface area contributed by atoms with Crippen LogP contribution in [-0.2, 0) is 22.6 Å². The van der Waals surface area contributed by atoms with Crippen LogP contribution < -0.4 is 4.74 Å². The minimum atomic E-state index is -0.480. The van der Waals surface area contributed by atoms with Gasteiger partial charge in [-0.1, -0.05) is 17.7 Å². The number of phenols is 1. The molecule has 0 amide bonds. The summed E-state index contributed by atoms with van der Waals surface area (Å²) in [7, 11) is 1.39. The summed E-state index contributed by atoms with van der Waals surface area (Å²) >= 11 is 6.18. The highest BCUT2D eigenvalue weighted by Crippen LogP contribution is 2.31. The van der Waals surface area contributed by atoms with Crippen LogP contribution in [0.2, 0.25) is 5.02 Å². The third-order valence-electron chi connectivity index (χ3n) is 3.27. The quantitative estimate of drug-likeness (QED) is 0.841. The molecule has 0 aliphatic heterocycles. The third-order valence-corrected chi connectivity index (χ3v) is 3.61. The van der Waals surface area contributed by atoms with E-state index >= 15 is 0 Å². The summed E-state index contributed by atoms with van der Waals surface area (Å²) in [5, 5.41) is 10.4. The van der Waals surface area contributed by atoms with E-state index in [9.17, 15) is 14.3 Å². The number of hydrogen-bond donors (Lipinski definition) is 1. The Morgan fingerprint density at radius 3 is 2.57 bits per heavy atom. The van der Waals surface area contributed by atoms with Gasteiger partial charge in [-0.05, 0) is 35.4 Å². The van der Waals surface area contributed by atoms with Crippen LogP contribution in [0.1, 0.15) is 23.6 Å². The molecule has 2 aromatic carbocycles. The first kappa shape index (κ1) is 17.1. The molecule has 0 aliphatic carbocycles. The first-order valence-electron chi connectivity index (χ1n) is 6.86. The molecule has 0 aromatic heterocycles. The van der Waals surface area contributed by atoms with Gasteiger partial charge in [0.25, 0.3) is 0 Å². The fourth-order valence-electron chi connectivity index (χ4n) is 2.14. The number of rotatable bonds is 5. The smallest absolute Gasteiger partial charge is 0.302 e. The Morgan fingerprint density at radius 1 is 1.26 bits per heavy atom. The molecule has 122 valence electrons. The van der Waals surface area contributed by atoms with E-state index < -0.39 is 11.8 Å². The summed E-state index contributed by atoms with van der Waals surface area (Å²) < 4.78 is 23.5. The van der Waals surface area contributed by atoms with Gasteiger partial charge < -0.3 is 14.6 Å². The van der Waals surface area contributed by atoms with Crippen molar-refractivity contribution in [3.05, 3.63) is 57.9 Å². The average molecular weight is 339 g/mol. The Morgan fingerprint density at radius 2 is 2.00 bits per heavy atom. The van der Waals surface area contributed by atoms with Crippen LogP contribution in [0.5, 0.6) is 11.5 Å². The van der Waals surface area contributed by atoms with Gasteiger partial charge in [0.2, 0.25) is 0 Å². The predicted octanol–water partition coefficient (Wildman–Crippen LogP) is 3.85. The van der Waals surface area contributed by atoms with E-state index in [2.05, 4.69) is 0 Å². The Labute approximate surface area is 138 Å². The molecule has 0 aliphatic rings. The van der Waals surface area contributed by atoms with E-state index in [4.69, 9.17) is 21.1 Å². The second-order valence-electron chi connectivity index (χ2n) is 5.00. The number of carbonyl (C=O) groups is 1. The number of benzene rings is 2. The maximum absolute atomic E-state index is 13.7. The van der Waals surface area contributed by atoms with E-state index in [0.29, 0.717) is 21.7 Å². The number of esters is 1. The highest BCUT2D eigenvalue weighted by atomic mass is 35.5. The first-order chi connectivity index (χ1) is 10.9. The van der Waals surface area contributed by atoms with Gasteiger partial charge in [-0.2, -0.15) is 0 Å². The van der Waals surface area contributed by atoms with Gasteiger partial charge in [0.1, 0.15) is 12.4 Å². The van der Waals surface area contributed by atoms with Crippen molar-refractivity contribution in [2.75, 3.05) is 7.11 Å². The van der Waals surface area contributed by atoms with Crippen LogP contribution in [0.3, 0.4) is 0 Å². The summed E-state index contributed by atoms with van der Waals surface area (Å²) in [6, 6.07) is 7.64. The normalized spacial score (nSPS) is 10.4. The zero-order chi connectivity index (χ0) is 17.0. The zero-order valence-electron chi connectivity index (χ0n) is 12.7. The third kappa shape index (κ3) is 4.36. The SMILES string of the molecule is COc1ccc(Cc2c(O)cc(COC(C)=O)cc2Cl)cc1F. The second-order valence-corrected chi connectivity index (χ2v) is 5.41. The minimum Gasteiger partial charge on any atom is -0.508 e. The lowest BCUT2D eigenvalue weighted by Gasteiger charge is -2.11. The van der Waals surface area contributed by atoms with E-state index in [1.54, 1.807) is 12.1 Å². The topological polar surface area (TPSA) is 55.8 Å². The van der Waals surface area contributed by atoms with E-state index in [-0.39, 0.29) is 24.5 Å². The molecular formula is C17H16ClFO4. The Hall–Kier alpha value is -2.27. The van der Waals surface area contributed by atoms with Crippen molar-refractivity contribution in [1.82, 2.24) is 0 Å². The van der Waals surface area contributed by atoms with Crippen LogP contribution in [0.4, 0.5) is 4.39 Å². The number of carbonyl (C=O) groups excluding carboxylic acids is 1. The lowest BCUT2D eigenvalue weighted by atomic mass is 10.0. The highest BCUT2D eigenvalue weighted by molar-refractivity contribution is 6.31. The number of phenolic OH excluding ortho intramolecular Hbond substituents is 1. The van der Waals surface area contributed by atoms with Crippen molar-refractivity contribution >= 4 is 17.6 Å². The van der Waals surface area contributed by atoms with Crippen molar-refractivity contribution in [1.29, 1.82) is 0 Å². The summed E-state index contributed by atoms with van der Waals surface area (Å²) in [6.45, 7) is 1.33. The van der Waals surface area contributed by atoms with Crippen LogP contribution in [0, 0.1) is 5.82 Å². The Kier molecular flexibility index (Phi) is 5.45. The first-order valence-corrected chi connectivity index (χ1v) is 7.24. The lowest BCUT2D eigenvalue weighted by molar-refractivity contribution is -0.142. The minimum absolute atomic E-state index is 0.0278. The number of halogens is 2. The molecule has 0 atom stereocenters. The van der Waals surface area contributed by atoms with E-state index in [1.165, 1.54) is 32.2 Å². The summed E-state index contributed by atoms with van der Waals surface area (Å²) in [4.78, 5) is 10.8. The van der Waals surface area contributed by atoms with Gasteiger partial charge in [0, 0.05) is 23.9 Å². The molecule has 0 bridgehead atoms. The number of methoxy groups -OCH3 is 1. The molecule has 0 unspecified atom stereocenters. The van der Waals surface area contributed by atoms with Crippen molar-refractivity contribution in [2.45, 2.75) is 20.0 Å². The second kappa shape index (κ2) is 7.33. The summed E-state index contributed by atoms with van der Waals surface area (Å²) in [6.07, 6.45) is 0.263. The van der Waals surface area contributed by atoms with Gasteiger partial charge >= 0.3 is 5.97 Å². The monoisotopic (exact) mass is 338 g/mol. The van der Waals surface area contributed by atoms with Gasteiger partial charge in [-0.25, -0.2) is 4.39 Å². The molecule has 0 saturated carbocycles. The molecule has 1 N–H and O–H groups in total. The maximum atomic E-state index is 13.7. The van der Waals surface area contributed by atoms with Crippen molar-refractivity contribution in [3.63, 3.8) is 0 Å². The lowest BCUT2D eigenvalue weighted by Crippen LogP contribution is -2.00. The summed E-state index contributed by atoms with van der Waals surface area (Å²) in [5.41, 5.74) is 1.70. The Balaban J connectivity index is 2.23. The van der Waals surface area contributed by atoms with Crippen LogP contribution in [-0.4, -0.2) is 18.2 Å². The fraction of sp³-hybridized carbons (Fsp3) is 0.235. The molecule has 4 nitrogen and oxygen atoms in total. The molecule has 23 heavy (non-hydrogen) atoms. The van der Waals surface area contributed by atoms with E-state index in [1.807, 2.05) is 0 Å². The molecule has 2 rings (SSSR count). The largest absolute Gasteiger partial charge is 0.508 e. The van der Waals surface area contributed by atoms with Gasteiger partial charge in [-0.15, -0.1) is 0 Å². The van der Waals surface area contributed by atoms with Crippen molar-refractivity contribution in [2.24, 2.45) is 0 Å². The molecule has 0 radical (unpaired) electrons. The molecule has 0 fully saturated rings. The standard InChI is InChI=1S/C17H16ClFO4/c1-10(20)23-9-12-6-14(18)13(16(21)8-12)5-11-3-4-17(22-2)15(19)7-11/h3-4,6-8,21H,5,9H2,1-2H3. The van der Waals surface area contributed by atoms with Crippen LogP contribution >= 0.6 is 11.6 Å². The Bertz CT molecular complexity index is 708.